The smallest absolute Gasteiger partial charge is 0.255 e. The summed E-state index contributed by atoms with van der Waals surface area (Å²) in [5.41, 5.74) is 7.30. The third kappa shape index (κ3) is 3.08. The van der Waals surface area contributed by atoms with E-state index in [1.54, 1.807) is 6.07 Å². The summed E-state index contributed by atoms with van der Waals surface area (Å²) in [5.74, 6) is -1.64. The van der Waals surface area contributed by atoms with Crippen LogP contribution in [0.1, 0.15) is 44.7 Å². The second kappa shape index (κ2) is 6.47. The molecule has 2 amide bonds. The summed E-state index contributed by atoms with van der Waals surface area (Å²) in [6.45, 7) is 4.73. The molecule has 0 radical (unpaired) electrons. The number of hydrogen-bond acceptors (Lipinski definition) is 6. The maximum Gasteiger partial charge on any atom is 0.255 e. The Hall–Kier alpha value is -3.42. The number of amides is 2. The molecular formula is C18H17N3O5. The minimum Gasteiger partial charge on any atom is -0.444 e. The lowest BCUT2D eigenvalue weighted by molar-refractivity contribution is -0.115. The van der Waals surface area contributed by atoms with Gasteiger partial charge < -0.3 is 14.7 Å². The first-order valence-corrected chi connectivity index (χ1v) is 7.86. The van der Waals surface area contributed by atoms with Gasteiger partial charge in [-0.2, -0.15) is 0 Å². The predicted octanol–water partition coefficient (Wildman–Crippen LogP) is 2.52. The summed E-state index contributed by atoms with van der Waals surface area (Å²) in [5, 5.41) is 7.13. The number of primary amides is 1. The molecule has 26 heavy (non-hydrogen) atoms. The highest BCUT2D eigenvalue weighted by atomic mass is 16.5. The van der Waals surface area contributed by atoms with Crippen molar-refractivity contribution in [1.82, 2.24) is 5.16 Å². The maximum absolute atomic E-state index is 12.4. The molecule has 134 valence electrons. The third-order valence-electron chi connectivity index (χ3n) is 3.96. The number of fused-ring (bicyclic) bond motifs is 1. The number of nitrogens with zero attached hydrogens (tertiary/aromatic N) is 1. The summed E-state index contributed by atoms with van der Waals surface area (Å²) in [6, 6.07) is 5.53. The van der Waals surface area contributed by atoms with E-state index >= 15 is 0 Å². The number of anilines is 1. The lowest BCUT2D eigenvalue weighted by Crippen LogP contribution is -2.20. The Labute approximate surface area is 148 Å². The molecule has 0 saturated heterocycles. The van der Waals surface area contributed by atoms with Crippen LogP contribution in [0.2, 0.25) is 0 Å². The van der Waals surface area contributed by atoms with Gasteiger partial charge in [0.2, 0.25) is 11.8 Å². The van der Waals surface area contributed by atoms with Gasteiger partial charge in [0.1, 0.15) is 17.0 Å². The number of ketones is 1. The molecule has 0 saturated carbocycles. The fraction of sp³-hybridized carbons (Fsp3) is 0.222. The molecule has 0 unspecified atom stereocenters. The van der Waals surface area contributed by atoms with Gasteiger partial charge in [0.15, 0.2) is 11.4 Å². The van der Waals surface area contributed by atoms with Gasteiger partial charge in [-0.3, -0.25) is 19.7 Å². The van der Waals surface area contributed by atoms with E-state index in [-0.39, 0.29) is 35.0 Å². The van der Waals surface area contributed by atoms with E-state index in [0.717, 1.165) is 10.9 Å². The predicted molar refractivity (Wildman–Crippen MR) is 93.0 cm³/mol. The zero-order chi connectivity index (χ0) is 19.0. The molecule has 8 nitrogen and oxygen atoms in total. The van der Waals surface area contributed by atoms with E-state index in [4.69, 9.17) is 14.7 Å². The summed E-state index contributed by atoms with van der Waals surface area (Å²) in [6.07, 6.45) is -0.0934. The molecule has 1 aromatic carbocycles. The van der Waals surface area contributed by atoms with Crippen molar-refractivity contribution in [3.8, 4) is 0 Å². The molecule has 0 spiro atoms. The van der Waals surface area contributed by atoms with Gasteiger partial charge in [-0.25, -0.2) is 0 Å². The number of carbonyl (C=O) groups is 3. The minimum atomic E-state index is -0.857. The van der Waals surface area contributed by atoms with Gasteiger partial charge in [-0.05, 0) is 32.9 Å². The van der Waals surface area contributed by atoms with Crippen LogP contribution in [-0.2, 0) is 11.2 Å². The van der Waals surface area contributed by atoms with Gasteiger partial charge >= 0.3 is 0 Å². The molecule has 3 rings (SSSR count). The number of nitrogens with two attached hydrogens (primary N) is 1. The van der Waals surface area contributed by atoms with Crippen LogP contribution in [0.5, 0.6) is 0 Å². The van der Waals surface area contributed by atoms with Crippen molar-refractivity contribution < 1.29 is 23.3 Å². The van der Waals surface area contributed by atoms with Crippen LogP contribution in [0.15, 0.2) is 27.1 Å². The van der Waals surface area contributed by atoms with Gasteiger partial charge in [0.05, 0.1) is 12.0 Å². The number of rotatable bonds is 5. The Morgan fingerprint density at radius 3 is 2.58 bits per heavy atom. The van der Waals surface area contributed by atoms with Crippen molar-refractivity contribution in [2.75, 3.05) is 5.32 Å². The van der Waals surface area contributed by atoms with Crippen molar-refractivity contribution in [3.05, 3.63) is 46.3 Å². The number of furan rings is 1. The summed E-state index contributed by atoms with van der Waals surface area (Å²) in [4.78, 5) is 35.8. The first-order chi connectivity index (χ1) is 12.3. The highest BCUT2D eigenvalue weighted by Crippen LogP contribution is 2.28. The molecule has 2 heterocycles. The van der Waals surface area contributed by atoms with E-state index in [2.05, 4.69) is 10.5 Å². The normalized spacial score (nSPS) is 10.9. The monoisotopic (exact) mass is 355 g/mol. The van der Waals surface area contributed by atoms with Gasteiger partial charge in [-0.15, -0.1) is 0 Å². The molecule has 0 fully saturated rings. The molecule has 8 heteroatoms. The van der Waals surface area contributed by atoms with E-state index in [1.807, 2.05) is 19.1 Å². The molecule has 0 aliphatic rings. The molecule has 0 aliphatic heterocycles. The molecule has 3 N–H and O–H groups in total. The molecule has 0 aliphatic carbocycles. The van der Waals surface area contributed by atoms with Crippen LogP contribution < -0.4 is 11.1 Å². The second-order valence-electron chi connectivity index (χ2n) is 6.01. The van der Waals surface area contributed by atoms with Crippen molar-refractivity contribution in [1.29, 1.82) is 0 Å². The highest BCUT2D eigenvalue weighted by Gasteiger charge is 2.26. The van der Waals surface area contributed by atoms with Gasteiger partial charge in [0.25, 0.3) is 5.91 Å². The van der Waals surface area contributed by atoms with E-state index in [1.165, 1.54) is 13.8 Å². The van der Waals surface area contributed by atoms with Crippen LogP contribution in [0.25, 0.3) is 11.0 Å². The Bertz CT molecular complexity index is 1040. The van der Waals surface area contributed by atoms with Crippen LogP contribution in [-0.4, -0.2) is 22.8 Å². The fourth-order valence-corrected chi connectivity index (χ4v) is 2.84. The minimum absolute atomic E-state index is 0.0651. The van der Waals surface area contributed by atoms with Crippen LogP contribution in [0.4, 0.5) is 5.88 Å². The number of aromatic nitrogens is 1. The molecule has 3 aromatic rings. The van der Waals surface area contributed by atoms with Crippen LogP contribution >= 0.6 is 0 Å². The quantitative estimate of drug-likeness (QED) is 0.677. The number of hydrogen-bond donors (Lipinski definition) is 2. The largest absolute Gasteiger partial charge is 0.444 e. The first kappa shape index (κ1) is 17.4. The Kier molecular flexibility index (Phi) is 4.33. The molecular weight excluding hydrogens is 338 g/mol. The van der Waals surface area contributed by atoms with Crippen molar-refractivity contribution in [2.24, 2.45) is 5.73 Å². The topological polar surface area (TPSA) is 128 Å². The van der Waals surface area contributed by atoms with Crippen molar-refractivity contribution in [2.45, 2.75) is 27.2 Å². The number of Topliss-reactive ketones (excluding diaryl/α,β-unsaturated/α-hetero) is 1. The number of benzene rings is 1. The summed E-state index contributed by atoms with van der Waals surface area (Å²) in [7, 11) is 0. The van der Waals surface area contributed by atoms with E-state index in [0.29, 0.717) is 11.3 Å². The number of carbonyl (C=O) groups excluding carboxylic acids is 3. The van der Waals surface area contributed by atoms with E-state index < -0.39 is 11.8 Å². The molecule has 2 aromatic heterocycles. The fourth-order valence-electron chi connectivity index (χ4n) is 2.84. The van der Waals surface area contributed by atoms with Crippen LogP contribution in [0, 0.1) is 13.8 Å². The lowest BCUT2D eigenvalue weighted by atomic mass is 10.1. The van der Waals surface area contributed by atoms with Gasteiger partial charge in [-0.1, -0.05) is 16.8 Å². The van der Waals surface area contributed by atoms with Gasteiger partial charge in [0, 0.05) is 5.39 Å². The third-order valence-corrected chi connectivity index (χ3v) is 3.96. The Morgan fingerprint density at radius 1 is 1.19 bits per heavy atom. The van der Waals surface area contributed by atoms with E-state index in [9.17, 15) is 14.4 Å². The Balaban J connectivity index is 1.88. The Morgan fingerprint density at radius 2 is 1.92 bits per heavy atom. The average Bonchev–Trinajstić information content (AvgIpc) is 3.08. The SMILES string of the molecule is CC(=O)c1c(C)oc(NC(=O)Cc2noc3ccc(C)cc23)c1C(N)=O. The molecule has 0 bridgehead atoms. The summed E-state index contributed by atoms with van der Waals surface area (Å²) < 4.78 is 10.6. The first-order valence-electron chi connectivity index (χ1n) is 7.86. The van der Waals surface area contributed by atoms with Crippen molar-refractivity contribution >= 4 is 34.5 Å². The number of aryl methyl sites for hydroxylation is 2. The average molecular weight is 355 g/mol. The van der Waals surface area contributed by atoms with Crippen LogP contribution in [0.3, 0.4) is 0 Å². The molecule has 0 atom stereocenters. The summed E-state index contributed by atoms with van der Waals surface area (Å²) >= 11 is 0. The zero-order valence-electron chi connectivity index (χ0n) is 14.5. The highest BCUT2D eigenvalue weighted by molar-refractivity contribution is 6.12. The zero-order valence-corrected chi connectivity index (χ0v) is 14.5. The number of nitrogens with one attached hydrogen (secondary N) is 1. The standard InChI is InChI=1S/C18H17N3O5/c1-8-4-5-13-11(6-8)12(21-26-13)7-14(23)20-18-16(17(19)24)15(9(2)22)10(3)25-18/h4-6H,7H2,1-3H3,(H2,19,24)(H,20,23). The lowest BCUT2D eigenvalue weighted by Gasteiger charge is -2.03. The second-order valence-corrected chi connectivity index (χ2v) is 6.01. The van der Waals surface area contributed by atoms with Crippen molar-refractivity contribution in [3.63, 3.8) is 0 Å². The maximum atomic E-state index is 12.4.